The van der Waals surface area contributed by atoms with Gasteiger partial charge in [-0.3, -0.25) is 4.79 Å². The van der Waals surface area contributed by atoms with Crippen molar-refractivity contribution in [2.24, 2.45) is 5.92 Å². The molecule has 0 spiro atoms. The largest absolute Gasteiger partial charge is 0.331 e. The summed E-state index contributed by atoms with van der Waals surface area (Å²) in [4.78, 5) is 16.0. The second-order valence-corrected chi connectivity index (χ2v) is 6.54. The minimum atomic E-state index is 0.412. The van der Waals surface area contributed by atoms with E-state index < -0.39 is 0 Å². The van der Waals surface area contributed by atoms with E-state index in [1.165, 1.54) is 32.1 Å². The van der Waals surface area contributed by atoms with Crippen molar-refractivity contribution >= 4 is 5.91 Å². The highest BCUT2D eigenvalue weighted by molar-refractivity contribution is 5.76. The summed E-state index contributed by atoms with van der Waals surface area (Å²) in [6, 6.07) is 0.746. The second-order valence-electron chi connectivity index (χ2n) is 6.54. The molecule has 0 bridgehead atoms. The second kappa shape index (κ2) is 7.28. The molecule has 0 aromatic carbocycles. The molecule has 0 aromatic heterocycles. The van der Waals surface area contributed by atoms with E-state index in [1.807, 2.05) is 0 Å². The molecule has 1 aliphatic carbocycles. The molecule has 0 aromatic rings. The van der Waals surface area contributed by atoms with E-state index in [0.717, 1.165) is 51.0 Å². The summed E-state index contributed by atoms with van der Waals surface area (Å²) in [6.07, 6.45) is 8.66. The lowest BCUT2D eigenvalue weighted by Gasteiger charge is -2.35. The summed E-state index contributed by atoms with van der Waals surface area (Å²) in [6.45, 7) is 8.82. The zero-order chi connectivity index (χ0) is 13.7. The zero-order valence-corrected chi connectivity index (χ0v) is 12.8. The van der Waals surface area contributed by atoms with Crippen molar-refractivity contribution in [2.45, 2.75) is 64.8 Å². The van der Waals surface area contributed by atoms with Gasteiger partial charge in [-0.1, -0.05) is 32.6 Å². The van der Waals surface area contributed by atoms with E-state index >= 15 is 0 Å². The lowest BCUT2D eigenvalue weighted by Crippen LogP contribution is -3.17. The van der Waals surface area contributed by atoms with Gasteiger partial charge >= 0.3 is 0 Å². The van der Waals surface area contributed by atoms with Crippen molar-refractivity contribution in [1.29, 1.82) is 0 Å². The average Bonchev–Trinajstić information content (AvgIpc) is 2.97. The molecule has 1 N–H and O–H groups in total. The molecule has 0 radical (unpaired) electrons. The lowest BCUT2D eigenvalue weighted by atomic mass is 10.0. The molecule has 2 rings (SSSR count). The van der Waals surface area contributed by atoms with Gasteiger partial charge in [-0.05, 0) is 25.7 Å². The molecule has 1 amide bonds. The highest BCUT2D eigenvalue weighted by Crippen LogP contribution is 2.28. The van der Waals surface area contributed by atoms with Gasteiger partial charge in [-0.25, -0.2) is 0 Å². The molecule has 3 nitrogen and oxygen atoms in total. The Bertz CT molecular complexity index is 278. The van der Waals surface area contributed by atoms with Crippen LogP contribution in [-0.4, -0.2) is 43.0 Å². The first kappa shape index (κ1) is 14.8. The number of hydrogen-bond acceptors (Lipinski definition) is 1. The first-order chi connectivity index (χ1) is 9.20. The van der Waals surface area contributed by atoms with Crippen molar-refractivity contribution in [3.05, 3.63) is 0 Å². The number of nitrogens with zero attached hydrogens (tertiary/aromatic N) is 1. The molecular formula is C16H31N2O+. The molecule has 1 atom stereocenters. The summed E-state index contributed by atoms with van der Waals surface area (Å²) < 4.78 is 0. The fourth-order valence-corrected chi connectivity index (χ4v) is 3.61. The van der Waals surface area contributed by atoms with Crippen LogP contribution in [0.1, 0.15) is 58.8 Å². The van der Waals surface area contributed by atoms with Gasteiger partial charge in [0, 0.05) is 6.42 Å². The number of nitrogens with one attached hydrogen (secondary N) is 1. The molecule has 1 aliphatic heterocycles. The number of piperazine rings is 1. The maximum absolute atomic E-state index is 12.2. The number of hydrogen-bond donors (Lipinski definition) is 1. The van der Waals surface area contributed by atoms with Crippen LogP contribution in [0.25, 0.3) is 0 Å². The summed E-state index contributed by atoms with van der Waals surface area (Å²) in [5.74, 6) is 1.26. The summed E-state index contributed by atoms with van der Waals surface area (Å²) in [5.41, 5.74) is 0. The van der Waals surface area contributed by atoms with Gasteiger partial charge in [0.2, 0.25) is 5.91 Å². The number of amides is 1. The van der Waals surface area contributed by atoms with E-state index in [-0.39, 0.29) is 0 Å². The van der Waals surface area contributed by atoms with Crippen molar-refractivity contribution < 1.29 is 9.69 Å². The number of rotatable bonds is 5. The maximum atomic E-state index is 12.2. The van der Waals surface area contributed by atoms with E-state index in [9.17, 15) is 4.79 Å². The average molecular weight is 267 g/mol. The molecular weight excluding hydrogens is 236 g/mol. The summed E-state index contributed by atoms with van der Waals surface area (Å²) in [7, 11) is 0. The minimum absolute atomic E-state index is 0.412. The minimum Gasteiger partial charge on any atom is -0.331 e. The first-order valence-electron chi connectivity index (χ1n) is 8.33. The van der Waals surface area contributed by atoms with Gasteiger partial charge in [-0.2, -0.15) is 0 Å². The van der Waals surface area contributed by atoms with Gasteiger partial charge in [0.15, 0.2) is 0 Å². The predicted molar refractivity (Wildman–Crippen MR) is 78.2 cm³/mol. The number of carbonyl (C=O) groups is 1. The van der Waals surface area contributed by atoms with Crippen molar-refractivity contribution in [3.63, 3.8) is 0 Å². The fraction of sp³-hybridized carbons (Fsp3) is 0.938. The summed E-state index contributed by atoms with van der Waals surface area (Å²) in [5, 5.41) is 0. The van der Waals surface area contributed by atoms with Crippen molar-refractivity contribution in [1.82, 2.24) is 4.90 Å². The molecule has 0 unspecified atom stereocenters. The van der Waals surface area contributed by atoms with Crippen LogP contribution in [0.15, 0.2) is 0 Å². The van der Waals surface area contributed by atoms with Crippen molar-refractivity contribution in [3.8, 4) is 0 Å². The van der Waals surface area contributed by atoms with E-state index in [2.05, 4.69) is 18.7 Å². The predicted octanol–water partition coefficient (Wildman–Crippen LogP) is 1.48. The molecule has 2 fully saturated rings. The Morgan fingerprint density at radius 3 is 2.47 bits per heavy atom. The summed E-state index contributed by atoms with van der Waals surface area (Å²) >= 11 is 0. The Balaban J connectivity index is 1.67. The number of carbonyl (C=O) groups excluding carboxylic acids is 1. The third-order valence-electron chi connectivity index (χ3n) is 5.31. The normalized spacial score (nSPS) is 23.8. The number of quaternary nitrogens is 1. The Morgan fingerprint density at radius 2 is 1.89 bits per heavy atom. The molecule has 3 heteroatoms. The molecule has 1 saturated carbocycles. The van der Waals surface area contributed by atoms with Crippen LogP contribution in [0.3, 0.4) is 0 Å². The molecule has 19 heavy (non-hydrogen) atoms. The molecule has 2 aliphatic rings. The standard InChI is InChI=1S/C16H30N2O/c1-3-14(2)17-10-12-18(13-11-17)16(19)9-8-15-6-4-5-7-15/h14-15H,3-13H2,1-2H3/p+1/t14-/m1/s1. The Hall–Kier alpha value is -0.570. The van der Waals surface area contributed by atoms with Crippen LogP contribution >= 0.6 is 0 Å². The van der Waals surface area contributed by atoms with E-state index in [0.29, 0.717) is 5.91 Å². The van der Waals surface area contributed by atoms with Gasteiger partial charge in [0.25, 0.3) is 0 Å². The van der Waals surface area contributed by atoms with Gasteiger partial charge in [-0.15, -0.1) is 0 Å². The molecule has 1 saturated heterocycles. The maximum Gasteiger partial charge on any atom is 0.222 e. The van der Waals surface area contributed by atoms with Gasteiger partial charge in [0.1, 0.15) is 0 Å². The van der Waals surface area contributed by atoms with Crippen LogP contribution in [0.2, 0.25) is 0 Å². The molecule has 1 heterocycles. The Labute approximate surface area is 118 Å². The van der Waals surface area contributed by atoms with Crippen LogP contribution in [0.5, 0.6) is 0 Å². The zero-order valence-electron chi connectivity index (χ0n) is 12.8. The van der Waals surface area contributed by atoms with Crippen LogP contribution in [-0.2, 0) is 4.79 Å². The Morgan fingerprint density at radius 1 is 1.26 bits per heavy atom. The SMILES string of the molecule is CC[C@@H](C)[NH+]1CCN(C(=O)CCC2CCCC2)CC1. The van der Waals surface area contributed by atoms with Crippen LogP contribution in [0, 0.1) is 5.92 Å². The van der Waals surface area contributed by atoms with Gasteiger partial charge < -0.3 is 9.80 Å². The fourth-order valence-electron chi connectivity index (χ4n) is 3.61. The lowest BCUT2D eigenvalue weighted by molar-refractivity contribution is -0.927. The van der Waals surface area contributed by atoms with Gasteiger partial charge in [0.05, 0.1) is 32.2 Å². The quantitative estimate of drug-likeness (QED) is 0.802. The third kappa shape index (κ3) is 4.20. The molecule has 110 valence electrons. The van der Waals surface area contributed by atoms with E-state index in [1.54, 1.807) is 4.90 Å². The Kier molecular flexibility index (Phi) is 5.68. The third-order valence-corrected chi connectivity index (χ3v) is 5.31. The van der Waals surface area contributed by atoms with Crippen molar-refractivity contribution in [2.75, 3.05) is 26.2 Å². The smallest absolute Gasteiger partial charge is 0.222 e. The monoisotopic (exact) mass is 267 g/mol. The first-order valence-corrected chi connectivity index (χ1v) is 8.33. The van der Waals surface area contributed by atoms with Crippen LogP contribution in [0.4, 0.5) is 0 Å². The van der Waals surface area contributed by atoms with Crippen LogP contribution < -0.4 is 4.90 Å². The highest BCUT2D eigenvalue weighted by atomic mass is 16.2. The topological polar surface area (TPSA) is 24.8 Å². The van der Waals surface area contributed by atoms with E-state index in [4.69, 9.17) is 0 Å². The highest BCUT2D eigenvalue weighted by Gasteiger charge is 2.26.